The van der Waals surface area contributed by atoms with E-state index in [1.807, 2.05) is 0 Å². The number of amides is 1. The number of primary amides is 1. The van der Waals surface area contributed by atoms with E-state index in [0.717, 1.165) is 12.8 Å². The molecule has 6 heteroatoms. The maximum atomic E-state index is 11.7. The first kappa shape index (κ1) is 15.1. The first-order valence-corrected chi connectivity index (χ1v) is 7.44. The Morgan fingerprint density at radius 3 is 2.70 bits per heavy atom. The van der Waals surface area contributed by atoms with Crippen molar-refractivity contribution in [1.82, 2.24) is 5.32 Å². The van der Waals surface area contributed by atoms with Crippen LogP contribution in [0, 0.1) is 0 Å². The second-order valence-electron chi connectivity index (χ2n) is 5.04. The highest BCUT2D eigenvalue weighted by molar-refractivity contribution is 9.10. The fourth-order valence-electron chi connectivity index (χ4n) is 2.59. The van der Waals surface area contributed by atoms with Crippen LogP contribution >= 0.6 is 15.9 Å². The van der Waals surface area contributed by atoms with E-state index >= 15 is 0 Å². The minimum absolute atomic E-state index is 0.0142. The van der Waals surface area contributed by atoms with E-state index in [1.54, 1.807) is 12.1 Å². The maximum absolute atomic E-state index is 11.7. The van der Waals surface area contributed by atoms with Crippen molar-refractivity contribution in [3.63, 3.8) is 0 Å². The predicted octanol–water partition coefficient (Wildman–Crippen LogP) is 2.22. The zero-order chi connectivity index (χ0) is 14.7. The van der Waals surface area contributed by atoms with Gasteiger partial charge in [0.25, 0.3) is 0 Å². The summed E-state index contributed by atoms with van der Waals surface area (Å²) in [5, 5.41) is 13.1. The number of nitrogens with two attached hydrogens (primary N) is 1. The van der Waals surface area contributed by atoms with Gasteiger partial charge in [0.2, 0.25) is 5.91 Å². The Hall–Kier alpha value is -1.27. The second kappa shape index (κ2) is 6.45. The molecule has 1 amide bonds. The van der Waals surface area contributed by atoms with Crippen LogP contribution in [0.15, 0.2) is 16.6 Å². The molecule has 1 fully saturated rings. The summed E-state index contributed by atoms with van der Waals surface area (Å²) in [6, 6.07) is 3.06. The van der Waals surface area contributed by atoms with E-state index in [1.165, 1.54) is 20.0 Å². The van der Waals surface area contributed by atoms with E-state index in [0.29, 0.717) is 21.8 Å². The normalized spacial score (nSPS) is 17.1. The van der Waals surface area contributed by atoms with Crippen molar-refractivity contribution in [3.8, 4) is 11.5 Å². The van der Waals surface area contributed by atoms with E-state index < -0.39 is 11.9 Å². The summed E-state index contributed by atoms with van der Waals surface area (Å²) in [5.41, 5.74) is 6.19. The maximum Gasteiger partial charge on any atom is 0.239 e. The van der Waals surface area contributed by atoms with Gasteiger partial charge in [-0.25, -0.2) is 0 Å². The Morgan fingerprint density at radius 1 is 1.50 bits per heavy atom. The highest BCUT2D eigenvalue weighted by Gasteiger charge is 2.25. The zero-order valence-electron chi connectivity index (χ0n) is 11.4. The average molecular weight is 343 g/mol. The van der Waals surface area contributed by atoms with Crippen molar-refractivity contribution >= 4 is 21.8 Å². The van der Waals surface area contributed by atoms with Gasteiger partial charge in [0.05, 0.1) is 11.6 Å². The van der Waals surface area contributed by atoms with E-state index in [2.05, 4.69) is 21.2 Å². The fraction of sp³-hybridized carbons (Fsp3) is 0.500. The molecule has 0 spiro atoms. The Balaban J connectivity index is 2.28. The minimum Gasteiger partial charge on any atom is -0.503 e. The molecular formula is C14H19BrN2O3. The summed E-state index contributed by atoms with van der Waals surface area (Å²) in [5.74, 6) is -0.106. The van der Waals surface area contributed by atoms with Gasteiger partial charge in [-0.15, -0.1) is 0 Å². The Bertz CT molecular complexity index is 501. The molecule has 0 saturated heterocycles. The summed E-state index contributed by atoms with van der Waals surface area (Å²) in [6.07, 6.45) is 4.46. The third-order valence-corrected chi connectivity index (χ3v) is 4.25. The number of phenolic OH excluding ortho intramolecular Hbond substituents is 1. The minimum atomic E-state index is -0.580. The van der Waals surface area contributed by atoms with Gasteiger partial charge in [0.1, 0.15) is 6.04 Å². The van der Waals surface area contributed by atoms with Crippen LogP contribution in [0.3, 0.4) is 0 Å². The van der Waals surface area contributed by atoms with Gasteiger partial charge in [-0.05, 0) is 46.5 Å². The molecule has 0 heterocycles. The van der Waals surface area contributed by atoms with E-state index in [4.69, 9.17) is 10.5 Å². The largest absolute Gasteiger partial charge is 0.503 e. The Kier molecular flexibility index (Phi) is 4.88. The highest BCUT2D eigenvalue weighted by Crippen LogP contribution is 2.37. The molecule has 0 bridgehead atoms. The Morgan fingerprint density at radius 2 is 2.15 bits per heavy atom. The molecular weight excluding hydrogens is 324 g/mol. The Labute approximate surface area is 126 Å². The molecule has 1 aliphatic rings. The van der Waals surface area contributed by atoms with Crippen LogP contribution in [0.1, 0.15) is 37.3 Å². The van der Waals surface area contributed by atoms with Crippen LogP contribution in [-0.2, 0) is 4.79 Å². The lowest BCUT2D eigenvalue weighted by atomic mass is 10.0. The number of halogens is 1. The topological polar surface area (TPSA) is 84.6 Å². The summed E-state index contributed by atoms with van der Waals surface area (Å²) >= 11 is 3.26. The lowest BCUT2D eigenvalue weighted by molar-refractivity contribution is -0.120. The van der Waals surface area contributed by atoms with Crippen LogP contribution in [-0.4, -0.2) is 24.2 Å². The third kappa shape index (κ3) is 3.24. The molecule has 1 unspecified atom stereocenters. The number of carbonyl (C=O) groups excluding carboxylic acids is 1. The number of hydrogen-bond donors (Lipinski definition) is 3. The second-order valence-corrected chi connectivity index (χ2v) is 5.89. The van der Waals surface area contributed by atoms with Crippen molar-refractivity contribution < 1.29 is 14.6 Å². The third-order valence-electron chi connectivity index (χ3n) is 3.65. The van der Waals surface area contributed by atoms with Gasteiger partial charge in [-0.3, -0.25) is 10.1 Å². The number of aromatic hydroxyl groups is 1. The van der Waals surface area contributed by atoms with Gasteiger partial charge < -0.3 is 15.6 Å². The van der Waals surface area contributed by atoms with E-state index in [9.17, 15) is 9.90 Å². The molecule has 1 aliphatic carbocycles. The zero-order valence-corrected chi connectivity index (χ0v) is 12.9. The van der Waals surface area contributed by atoms with Crippen molar-refractivity contribution in [2.45, 2.75) is 37.8 Å². The molecule has 2 rings (SSSR count). The van der Waals surface area contributed by atoms with Crippen molar-refractivity contribution in [2.75, 3.05) is 7.11 Å². The number of rotatable bonds is 5. The lowest BCUT2D eigenvalue weighted by Crippen LogP contribution is -2.38. The molecule has 1 aromatic carbocycles. The molecule has 0 aliphatic heterocycles. The average Bonchev–Trinajstić information content (AvgIpc) is 2.91. The summed E-state index contributed by atoms with van der Waals surface area (Å²) in [7, 11) is 1.47. The first-order valence-electron chi connectivity index (χ1n) is 6.64. The van der Waals surface area contributed by atoms with Gasteiger partial charge in [0.15, 0.2) is 11.5 Å². The van der Waals surface area contributed by atoms with Crippen molar-refractivity contribution in [1.29, 1.82) is 0 Å². The number of methoxy groups -OCH3 is 1. The summed E-state index contributed by atoms with van der Waals surface area (Å²) < 4.78 is 5.58. The smallest absolute Gasteiger partial charge is 0.239 e. The van der Waals surface area contributed by atoms with Crippen molar-refractivity contribution in [2.24, 2.45) is 5.73 Å². The molecule has 1 saturated carbocycles. The monoisotopic (exact) mass is 342 g/mol. The molecule has 20 heavy (non-hydrogen) atoms. The number of phenols is 1. The van der Waals surface area contributed by atoms with Crippen LogP contribution in [0.4, 0.5) is 0 Å². The SMILES string of the molecule is COc1cc(C(NC2CCCC2)C(N)=O)cc(Br)c1O. The lowest BCUT2D eigenvalue weighted by Gasteiger charge is -2.21. The van der Waals surface area contributed by atoms with Gasteiger partial charge in [0, 0.05) is 6.04 Å². The molecule has 110 valence electrons. The highest BCUT2D eigenvalue weighted by atomic mass is 79.9. The molecule has 0 aromatic heterocycles. The van der Waals surface area contributed by atoms with Gasteiger partial charge >= 0.3 is 0 Å². The molecule has 0 radical (unpaired) electrons. The number of carbonyl (C=O) groups is 1. The predicted molar refractivity (Wildman–Crippen MR) is 79.7 cm³/mol. The van der Waals surface area contributed by atoms with E-state index in [-0.39, 0.29) is 5.75 Å². The van der Waals surface area contributed by atoms with Gasteiger partial charge in [-0.1, -0.05) is 12.8 Å². The quantitative estimate of drug-likeness (QED) is 0.765. The first-order chi connectivity index (χ1) is 9.52. The molecule has 4 N–H and O–H groups in total. The summed E-state index contributed by atoms with van der Waals surface area (Å²) in [4.78, 5) is 11.7. The van der Waals surface area contributed by atoms with Crippen molar-refractivity contribution in [3.05, 3.63) is 22.2 Å². The molecule has 1 atom stereocenters. The number of nitrogens with one attached hydrogen (secondary N) is 1. The van der Waals surface area contributed by atoms with Crippen LogP contribution < -0.4 is 15.8 Å². The van der Waals surface area contributed by atoms with Crippen LogP contribution in [0.5, 0.6) is 11.5 Å². The standard InChI is InChI=1S/C14H19BrN2O3/c1-20-11-7-8(6-10(15)13(11)18)12(14(16)19)17-9-4-2-3-5-9/h6-7,9,12,17-18H,2-5H2,1H3,(H2,16,19). The van der Waals surface area contributed by atoms with Gasteiger partial charge in [-0.2, -0.15) is 0 Å². The fourth-order valence-corrected chi connectivity index (χ4v) is 3.05. The summed E-state index contributed by atoms with van der Waals surface area (Å²) in [6.45, 7) is 0. The molecule has 5 nitrogen and oxygen atoms in total. The number of benzene rings is 1. The number of ether oxygens (including phenoxy) is 1. The van der Waals surface area contributed by atoms with Crippen LogP contribution in [0.25, 0.3) is 0 Å². The number of hydrogen-bond acceptors (Lipinski definition) is 4. The van der Waals surface area contributed by atoms with Crippen LogP contribution in [0.2, 0.25) is 0 Å². The molecule has 1 aromatic rings.